The van der Waals surface area contributed by atoms with Gasteiger partial charge in [0, 0.05) is 10.0 Å². The number of carbonyl (C=O) groups is 1. The van der Waals surface area contributed by atoms with E-state index in [1.165, 1.54) is 18.2 Å². The molecule has 0 aromatic heterocycles. The number of amides is 1. The number of carbonyl (C=O) groups excluding carboxylic acids is 1. The van der Waals surface area contributed by atoms with E-state index < -0.39 is 0 Å². The third-order valence-electron chi connectivity index (χ3n) is 2.72. The zero-order valence-electron chi connectivity index (χ0n) is 10.3. The fourth-order valence-corrected chi connectivity index (χ4v) is 2.52. The van der Waals surface area contributed by atoms with Crippen LogP contribution >= 0.6 is 39.1 Å². The van der Waals surface area contributed by atoms with Crippen molar-refractivity contribution >= 4 is 50.7 Å². The second-order valence-corrected chi connectivity index (χ2v) is 5.75. The zero-order chi connectivity index (χ0) is 14.9. The molecule has 2 aromatic rings. The highest BCUT2D eigenvalue weighted by molar-refractivity contribution is 9.10. The molecule has 0 atom stereocenters. The lowest BCUT2D eigenvalue weighted by Gasteiger charge is -2.10. The van der Waals surface area contributed by atoms with E-state index in [1.807, 2.05) is 0 Å². The van der Waals surface area contributed by atoms with Gasteiger partial charge in [-0.3, -0.25) is 4.79 Å². The molecule has 0 fully saturated rings. The summed E-state index contributed by atoms with van der Waals surface area (Å²) in [5.41, 5.74) is 1.32. The topological polar surface area (TPSA) is 29.1 Å². The van der Waals surface area contributed by atoms with Gasteiger partial charge in [-0.2, -0.15) is 0 Å². The Hall–Kier alpha value is -1.10. The van der Waals surface area contributed by atoms with Gasteiger partial charge in [0.1, 0.15) is 5.82 Å². The zero-order valence-corrected chi connectivity index (χ0v) is 13.4. The Bertz CT molecular complexity index is 691. The van der Waals surface area contributed by atoms with Crippen LogP contribution in [-0.4, -0.2) is 5.91 Å². The smallest absolute Gasteiger partial charge is 0.255 e. The van der Waals surface area contributed by atoms with E-state index in [9.17, 15) is 9.18 Å². The number of halogens is 4. The molecule has 20 heavy (non-hydrogen) atoms. The summed E-state index contributed by atoms with van der Waals surface area (Å²) in [6.07, 6.45) is 0. The minimum atomic E-state index is -0.385. The Kier molecular flexibility index (Phi) is 4.68. The van der Waals surface area contributed by atoms with Crippen molar-refractivity contribution < 1.29 is 9.18 Å². The van der Waals surface area contributed by atoms with Gasteiger partial charge in [0.15, 0.2) is 0 Å². The number of hydrogen-bond donors (Lipinski definition) is 1. The lowest BCUT2D eigenvalue weighted by molar-refractivity contribution is 0.102. The summed E-state index contributed by atoms with van der Waals surface area (Å²) < 4.78 is 13.7. The van der Waals surface area contributed by atoms with Crippen LogP contribution in [0.4, 0.5) is 10.1 Å². The molecule has 1 amide bonds. The van der Waals surface area contributed by atoms with E-state index in [0.717, 1.165) is 0 Å². The fraction of sp³-hybridized carbons (Fsp3) is 0.0714. The highest BCUT2D eigenvalue weighted by atomic mass is 79.9. The van der Waals surface area contributed by atoms with Crippen LogP contribution in [0.15, 0.2) is 34.8 Å². The molecule has 0 radical (unpaired) electrons. The second-order valence-electron chi connectivity index (χ2n) is 4.14. The van der Waals surface area contributed by atoms with Crippen molar-refractivity contribution in [3.8, 4) is 0 Å². The van der Waals surface area contributed by atoms with Gasteiger partial charge >= 0.3 is 0 Å². The first-order valence-corrected chi connectivity index (χ1v) is 7.16. The first-order chi connectivity index (χ1) is 9.40. The normalized spacial score (nSPS) is 10.4. The van der Waals surface area contributed by atoms with E-state index in [1.54, 1.807) is 19.1 Å². The third-order valence-corrected chi connectivity index (χ3v) is 4.49. The molecule has 0 aliphatic rings. The van der Waals surface area contributed by atoms with Crippen LogP contribution in [0.5, 0.6) is 0 Å². The first kappa shape index (κ1) is 15.3. The Morgan fingerprint density at radius 1 is 1.20 bits per heavy atom. The maximum absolute atomic E-state index is 13.0. The van der Waals surface area contributed by atoms with Crippen LogP contribution in [0, 0.1) is 12.7 Å². The van der Waals surface area contributed by atoms with Crippen LogP contribution in [0.3, 0.4) is 0 Å². The van der Waals surface area contributed by atoms with Crippen LogP contribution < -0.4 is 5.32 Å². The number of aryl methyl sites for hydroxylation is 1. The van der Waals surface area contributed by atoms with E-state index in [4.69, 9.17) is 23.2 Å². The summed E-state index contributed by atoms with van der Waals surface area (Å²) in [5, 5.41) is 3.22. The average molecular weight is 377 g/mol. The monoisotopic (exact) mass is 375 g/mol. The van der Waals surface area contributed by atoms with Gasteiger partial charge in [0.2, 0.25) is 0 Å². The SMILES string of the molecule is Cc1cc(F)ccc1C(=O)Nc1ccc(Br)c(Cl)c1Cl. The Labute approximate surface area is 134 Å². The molecule has 0 saturated heterocycles. The van der Waals surface area contributed by atoms with E-state index in [0.29, 0.717) is 26.3 Å². The molecular weight excluding hydrogens is 368 g/mol. The first-order valence-electron chi connectivity index (χ1n) is 5.61. The standard InChI is InChI=1S/C14H9BrCl2FNO/c1-7-6-8(18)2-3-9(7)14(20)19-11-5-4-10(15)12(16)13(11)17/h2-6H,1H3,(H,19,20). The van der Waals surface area contributed by atoms with E-state index in [-0.39, 0.29) is 16.7 Å². The average Bonchev–Trinajstić information content (AvgIpc) is 2.39. The molecule has 2 aromatic carbocycles. The van der Waals surface area contributed by atoms with E-state index in [2.05, 4.69) is 21.2 Å². The molecular formula is C14H9BrCl2FNO. The van der Waals surface area contributed by atoms with Crippen molar-refractivity contribution in [2.24, 2.45) is 0 Å². The molecule has 0 unspecified atom stereocenters. The molecule has 2 rings (SSSR count). The van der Waals surface area contributed by atoms with Crippen LogP contribution in [0.1, 0.15) is 15.9 Å². The molecule has 0 heterocycles. The molecule has 0 aliphatic carbocycles. The van der Waals surface area contributed by atoms with Crippen molar-refractivity contribution in [3.05, 3.63) is 61.8 Å². The second kappa shape index (κ2) is 6.12. The maximum Gasteiger partial charge on any atom is 0.255 e. The number of nitrogens with one attached hydrogen (secondary N) is 1. The quantitative estimate of drug-likeness (QED) is 0.693. The predicted octanol–water partition coefficient (Wildman–Crippen LogP) is 5.46. The van der Waals surface area contributed by atoms with E-state index >= 15 is 0 Å². The molecule has 0 spiro atoms. The van der Waals surface area contributed by atoms with Crippen LogP contribution in [0.25, 0.3) is 0 Å². The lowest BCUT2D eigenvalue weighted by atomic mass is 10.1. The van der Waals surface area contributed by atoms with Gasteiger partial charge in [0.25, 0.3) is 5.91 Å². The summed E-state index contributed by atoms with van der Waals surface area (Å²) >= 11 is 15.3. The summed E-state index contributed by atoms with van der Waals surface area (Å²) in [5.74, 6) is -0.758. The molecule has 0 aliphatic heterocycles. The van der Waals surface area contributed by atoms with Crippen molar-refractivity contribution in [1.82, 2.24) is 0 Å². The van der Waals surface area contributed by atoms with Crippen LogP contribution in [0.2, 0.25) is 10.0 Å². The predicted molar refractivity (Wildman–Crippen MR) is 83.3 cm³/mol. The summed E-state index contributed by atoms with van der Waals surface area (Å²) in [4.78, 5) is 12.1. The molecule has 1 N–H and O–H groups in total. The Morgan fingerprint density at radius 2 is 1.90 bits per heavy atom. The van der Waals surface area contributed by atoms with Crippen molar-refractivity contribution in [3.63, 3.8) is 0 Å². The Morgan fingerprint density at radius 3 is 2.55 bits per heavy atom. The molecule has 0 saturated carbocycles. The molecule has 2 nitrogen and oxygen atoms in total. The van der Waals surface area contributed by atoms with Gasteiger partial charge in [0.05, 0.1) is 15.7 Å². The van der Waals surface area contributed by atoms with Gasteiger partial charge in [-0.25, -0.2) is 4.39 Å². The summed E-state index contributed by atoms with van der Waals surface area (Å²) in [7, 11) is 0. The fourth-order valence-electron chi connectivity index (χ4n) is 1.69. The molecule has 6 heteroatoms. The number of benzene rings is 2. The highest BCUT2D eigenvalue weighted by Gasteiger charge is 2.14. The van der Waals surface area contributed by atoms with Crippen molar-refractivity contribution in [1.29, 1.82) is 0 Å². The highest BCUT2D eigenvalue weighted by Crippen LogP contribution is 2.36. The minimum Gasteiger partial charge on any atom is -0.321 e. The van der Waals surface area contributed by atoms with Gasteiger partial charge < -0.3 is 5.32 Å². The number of rotatable bonds is 2. The van der Waals surface area contributed by atoms with Gasteiger partial charge in [-0.1, -0.05) is 23.2 Å². The summed E-state index contributed by atoms with van der Waals surface area (Å²) in [6, 6.07) is 7.27. The molecule has 104 valence electrons. The third kappa shape index (κ3) is 3.14. The number of anilines is 1. The van der Waals surface area contributed by atoms with Crippen LogP contribution in [-0.2, 0) is 0 Å². The van der Waals surface area contributed by atoms with Crippen molar-refractivity contribution in [2.75, 3.05) is 5.32 Å². The van der Waals surface area contributed by atoms with Gasteiger partial charge in [-0.05, 0) is 58.7 Å². The maximum atomic E-state index is 13.0. The Balaban J connectivity index is 2.30. The lowest BCUT2D eigenvalue weighted by Crippen LogP contribution is -2.13. The number of hydrogen-bond acceptors (Lipinski definition) is 1. The minimum absolute atomic E-state index is 0.245. The summed E-state index contributed by atoms with van der Waals surface area (Å²) in [6.45, 7) is 1.66. The molecule has 0 bridgehead atoms. The largest absolute Gasteiger partial charge is 0.321 e. The van der Waals surface area contributed by atoms with Gasteiger partial charge in [-0.15, -0.1) is 0 Å². The van der Waals surface area contributed by atoms with Crippen molar-refractivity contribution in [2.45, 2.75) is 6.92 Å².